The van der Waals surface area contributed by atoms with Crippen molar-refractivity contribution in [3.63, 3.8) is 0 Å². The molecule has 3 N–H and O–H groups in total. The van der Waals surface area contributed by atoms with Crippen molar-refractivity contribution in [3.05, 3.63) is 0 Å². The van der Waals surface area contributed by atoms with Gasteiger partial charge in [-0.3, -0.25) is 9.79 Å². The lowest BCUT2D eigenvalue weighted by molar-refractivity contribution is -0.119. The number of ether oxygens (including phenoxy) is 1. The summed E-state index contributed by atoms with van der Waals surface area (Å²) in [5.41, 5.74) is 5.35. The van der Waals surface area contributed by atoms with Crippen molar-refractivity contribution in [1.29, 1.82) is 0 Å². The van der Waals surface area contributed by atoms with Gasteiger partial charge in [-0.05, 0) is 32.7 Å². The summed E-state index contributed by atoms with van der Waals surface area (Å²) in [7, 11) is 2.11. The number of likely N-dealkylation sites (tertiary alicyclic amines) is 1. The molecule has 0 saturated carbocycles. The van der Waals surface area contributed by atoms with Gasteiger partial charge in [-0.1, -0.05) is 0 Å². The number of carbonyl (C=O) groups is 1. The Morgan fingerprint density at radius 3 is 2.91 bits per heavy atom. The van der Waals surface area contributed by atoms with Gasteiger partial charge in [0.15, 0.2) is 5.96 Å². The van der Waals surface area contributed by atoms with Crippen LogP contribution in [-0.2, 0) is 9.53 Å². The maximum atomic E-state index is 11.2. The van der Waals surface area contributed by atoms with Crippen LogP contribution in [0.15, 0.2) is 4.99 Å². The average Bonchev–Trinajstić information content (AvgIpc) is 2.51. The number of piperidine rings is 1. The Labute approximate surface area is 139 Å². The second kappa shape index (κ2) is 9.08. The van der Waals surface area contributed by atoms with Gasteiger partial charge in [0.05, 0.1) is 19.3 Å². The second-order valence-electron chi connectivity index (χ2n) is 6.57. The Bertz CT molecular complexity index is 415. The fourth-order valence-electron chi connectivity index (χ4n) is 3.30. The molecule has 1 amide bonds. The fraction of sp³-hybridized carbons (Fsp3) is 0.875. The molecule has 2 saturated heterocycles. The molecule has 0 spiro atoms. The van der Waals surface area contributed by atoms with E-state index >= 15 is 0 Å². The van der Waals surface area contributed by atoms with E-state index < -0.39 is 0 Å². The fourth-order valence-corrected chi connectivity index (χ4v) is 3.30. The van der Waals surface area contributed by atoms with Gasteiger partial charge < -0.3 is 25.6 Å². The van der Waals surface area contributed by atoms with Crippen LogP contribution < -0.4 is 11.1 Å². The third kappa shape index (κ3) is 5.99. The number of nitrogens with two attached hydrogens (primary N) is 1. The summed E-state index contributed by atoms with van der Waals surface area (Å²) in [5.74, 6) is 1.05. The number of primary amides is 1. The highest BCUT2D eigenvalue weighted by Crippen LogP contribution is 2.19. The van der Waals surface area contributed by atoms with Crippen LogP contribution in [0.3, 0.4) is 0 Å². The van der Waals surface area contributed by atoms with Gasteiger partial charge in [0.1, 0.15) is 0 Å². The highest BCUT2D eigenvalue weighted by atomic mass is 16.5. The molecule has 0 aromatic heterocycles. The monoisotopic (exact) mass is 325 g/mol. The molecular weight excluding hydrogens is 294 g/mol. The van der Waals surface area contributed by atoms with Crippen LogP contribution in [0.2, 0.25) is 0 Å². The number of hydrogen-bond donors (Lipinski definition) is 2. The number of likely N-dealkylation sites (N-methyl/N-ethyl adjacent to an activating group) is 1. The zero-order valence-electron chi connectivity index (χ0n) is 14.5. The maximum Gasteiger partial charge on any atom is 0.217 e. The van der Waals surface area contributed by atoms with Crippen LogP contribution in [0.25, 0.3) is 0 Å². The topological polar surface area (TPSA) is 83.2 Å². The predicted molar refractivity (Wildman–Crippen MR) is 91.3 cm³/mol. The van der Waals surface area contributed by atoms with Gasteiger partial charge in [-0.2, -0.15) is 0 Å². The van der Waals surface area contributed by atoms with Crippen molar-refractivity contribution >= 4 is 11.9 Å². The third-order valence-corrected chi connectivity index (χ3v) is 4.43. The maximum absolute atomic E-state index is 11.2. The Balaban J connectivity index is 1.93. The minimum absolute atomic E-state index is 0.161. The standard InChI is InChI=1S/C16H31N5O2/c1-3-18-16(19-10-14-12-20(2)7-8-23-14)21-6-4-5-13(11-21)9-15(17)22/h13-14H,3-12H2,1-2H3,(H2,17,22)(H,18,19). The number of nitrogens with one attached hydrogen (secondary N) is 1. The van der Waals surface area contributed by atoms with E-state index in [4.69, 9.17) is 15.5 Å². The van der Waals surface area contributed by atoms with Crippen LogP contribution in [-0.4, -0.2) is 80.7 Å². The highest BCUT2D eigenvalue weighted by molar-refractivity contribution is 5.80. The molecule has 2 heterocycles. The van der Waals surface area contributed by atoms with E-state index in [1.54, 1.807) is 0 Å². The number of nitrogens with zero attached hydrogens (tertiary/aromatic N) is 3. The molecule has 0 aromatic rings. The van der Waals surface area contributed by atoms with Crippen molar-refractivity contribution in [1.82, 2.24) is 15.1 Å². The third-order valence-electron chi connectivity index (χ3n) is 4.43. The van der Waals surface area contributed by atoms with Crippen molar-refractivity contribution in [3.8, 4) is 0 Å². The van der Waals surface area contributed by atoms with Gasteiger partial charge in [0.2, 0.25) is 5.91 Å². The molecular formula is C16H31N5O2. The van der Waals surface area contributed by atoms with Crippen molar-refractivity contribution in [2.45, 2.75) is 32.3 Å². The Hall–Kier alpha value is -1.34. The molecule has 2 fully saturated rings. The van der Waals surface area contributed by atoms with E-state index in [1.807, 2.05) is 0 Å². The van der Waals surface area contributed by atoms with Crippen LogP contribution >= 0.6 is 0 Å². The predicted octanol–water partition coefficient (Wildman–Crippen LogP) is -0.130. The number of rotatable bonds is 5. The summed E-state index contributed by atoms with van der Waals surface area (Å²) in [6.45, 7) is 8.09. The summed E-state index contributed by atoms with van der Waals surface area (Å²) in [4.78, 5) is 20.5. The smallest absolute Gasteiger partial charge is 0.217 e. The zero-order chi connectivity index (χ0) is 16.7. The number of carbonyl (C=O) groups excluding carboxylic acids is 1. The zero-order valence-corrected chi connectivity index (χ0v) is 14.5. The number of morpholine rings is 1. The first-order chi connectivity index (χ1) is 11.1. The molecule has 7 heteroatoms. The van der Waals surface area contributed by atoms with Crippen molar-refractivity contribution in [2.24, 2.45) is 16.6 Å². The Morgan fingerprint density at radius 2 is 2.22 bits per heavy atom. The molecule has 132 valence electrons. The molecule has 2 atom stereocenters. The number of hydrogen-bond acceptors (Lipinski definition) is 4. The van der Waals surface area contributed by atoms with Crippen LogP contribution in [0.1, 0.15) is 26.2 Å². The first kappa shape index (κ1) is 18.0. The van der Waals surface area contributed by atoms with E-state index in [-0.39, 0.29) is 12.0 Å². The van der Waals surface area contributed by atoms with E-state index in [9.17, 15) is 4.79 Å². The van der Waals surface area contributed by atoms with Gasteiger partial charge in [-0.15, -0.1) is 0 Å². The summed E-state index contributed by atoms with van der Waals surface area (Å²) in [5, 5.41) is 3.37. The first-order valence-corrected chi connectivity index (χ1v) is 8.70. The van der Waals surface area contributed by atoms with E-state index in [1.165, 1.54) is 0 Å². The minimum Gasteiger partial charge on any atom is -0.374 e. The van der Waals surface area contributed by atoms with Gasteiger partial charge in [0.25, 0.3) is 0 Å². The molecule has 2 unspecified atom stereocenters. The summed E-state index contributed by atoms with van der Waals surface area (Å²) < 4.78 is 5.78. The molecule has 2 aliphatic heterocycles. The van der Waals surface area contributed by atoms with Gasteiger partial charge in [-0.25, -0.2) is 0 Å². The molecule has 0 aromatic carbocycles. The molecule has 2 aliphatic rings. The Morgan fingerprint density at radius 1 is 1.39 bits per heavy atom. The molecule has 2 rings (SSSR count). The highest BCUT2D eigenvalue weighted by Gasteiger charge is 2.24. The number of aliphatic imine (C=N–C) groups is 1. The molecule has 0 radical (unpaired) electrons. The number of amides is 1. The Kier molecular flexibility index (Phi) is 7.11. The lowest BCUT2D eigenvalue weighted by Crippen LogP contribution is -2.48. The molecule has 0 aliphatic carbocycles. The van der Waals surface area contributed by atoms with Crippen LogP contribution in [0.5, 0.6) is 0 Å². The summed E-state index contributed by atoms with van der Waals surface area (Å²) in [6.07, 6.45) is 2.76. The lowest BCUT2D eigenvalue weighted by Gasteiger charge is -2.35. The van der Waals surface area contributed by atoms with E-state index in [2.05, 4.69) is 29.1 Å². The van der Waals surface area contributed by atoms with E-state index in [0.29, 0.717) is 18.9 Å². The van der Waals surface area contributed by atoms with Crippen molar-refractivity contribution in [2.75, 3.05) is 52.9 Å². The van der Waals surface area contributed by atoms with Crippen molar-refractivity contribution < 1.29 is 9.53 Å². The summed E-state index contributed by atoms with van der Waals surface area (Å²) in [6, 6.07) is 0. The van der Waals surface area contributed by atoms with E-state index in [0.717, 1.165) is 58.1 Å². The lowest BCUT2D eigenvalue weighted by atomic mass is 9.95. The molecule has 0 bridgehead atoms. The largest absolute Gasteiger partial charge is 0.374 e. The normalized spacial score (nSPS) is 27.0. The molecule has 23 heavy (non-hydrogen) atoms. The summed E-state index contributed by atoms with van der Waals surface area (Å²) >= 11 is 0. The first-order valence-electron chi connectivity index (χ1n) is 8.70. The van der Waals surface area contributed by atoms with Crippen LogP contribution in [0.4, 0.5) is 0 Å². The van der Waals surface area contributed by atoms with Gasteiger partial charge >= 0.3 is 0 Å². The quantitative estimate of drug-likeness (QED) is 0.543. The van der Waals surface area contributed by atoms with Crippen LogP contribution in [0, 0.1) is 5.92 Å². The average molecular weight is 325 g/mol. The van der Waals surface area contributed by atoms with Gasteiger partial charge in [0, 0.05) is 39.1 Å². The number of guanidine groups is 1. The second-order valence-corrected chi connectivity index (χ2v) is 6.57. The molecule has 7 nitrogen and oxygen atoms in total. The SMILES string of the molecule is CCNC(=NCC1CN(C)CCO1)N1CCCC(CC(N)=O)C1. The minimum atomic E-state index is -0.211.